The summed E-state index contributed by atoms with van der Waals surface area (Å²) in [5.74, 6) is -9.12. The van der Waals surface area contributed by atoms with Gasteiger partial charge in [0.25, 0.3) is 5.91 Å². The van der Waals surface area contributed by atoms with Crippen LogP contribution in [0.25, 0.3) is 16.5 Å². The number of benzene rings is 2. The monoisotopic (exact) mass is 405 g/mol. The van der Waals surface area contributed by atoms with Crippen molar-refractivity contribution in [2.24, 2.45) is 5.11 Å². The number of fused-ring (bicyclic) bond motifs is 1. The van der Waals surface area contributed by atoms with Crippen LogP contribution >= 0.6 is 0 Å². The lowest BCUT2D eigenvalue weighted by atomic mass is 9.96. The summed E-state index contributed by atoms with van der Waals surface area (Å²) in [5, 5.41) is 8.11. The molecule has 0 radical (unpaired) electrons. The van der Waals surface area contributed by atoms with Crippen LogP contribution in [0.4, 0.5) is 28.9 Å². The summed E-state index contributed by atoms with van der Waals surface area (Å²) in [5.41, 5.74) is 7.46. The van der Waals surface area contributed by atoms with Gasteiger partial charge in [-0.2, -0.15) is 0 Å². The highest BCUT2D eigenvalue weighted by molar-refractivity contribution is 5.95. The Labute approximate surface area is 162 Å². The molecule has 150 valence electrons. The van der Waals surface area contributed by atoms with E-state index in [0.717, 1.165) is 11.3 Å². The van der Waals surface area contributed by atoms with Gasteiger partial charge >= 0.3 is 0 Å². The van der Waals surface area contributed by atoms with Gasteiger partial charge in [-0.25, -0.2) is 17.6 Å². The molecule has 0 atom stereocenters. The van der Waals surface area contributed by atoms with E-state index in [2.05, 4.69) is 20.7 Å². The van der Waals surface area contributed by atoms with Crippen molar-refractivity contribution in [3.63, 3.8) is 0 Å². The number of halogens is 4. The molecule has 1 aliphatic rings. The molecule has 2 N–H and O–H groups in total. The molecule has 3 rings (SSSR count). The van der Waals surface area contributed by atoms with Crippen LogP contribution in [0, 0.1) is 23.3 Å². The first-order chi connectivity index (χ1) is 13.6. The lowest BCUT2D eigenvalue weighted by Gasteiger charge is -2.29. The topological polar surface area (TPSA) is 89.9 Å². The SMILES string of the molecule is CC1(C)C=Cc2cc(CNC(=O)c3c(F)c(F)c(N=[N+]=[N-])c(F)c3F)ccc2N1. The van der Waals surface area contributed by atoms with Gasteiger partial charge in [0.15, 0.2) is 23.3 Å². The van der Waals surface area contributed by atoms with Gasteiger partial charge in [0.1, 0.15) is 11.3 Å². The van der Waals surface area contributed by atoms with E-state index >= 15 is 0 Å². The number of azide groups is 1. The van der Waals surface area contributed by atoms with Crippen LogP contribution in [-0.2, 0) is 6.54 Å². The maximum atomic E-state index is 14.1. The Morgan fingerprint density at radius 1 is 1.17 bits per heavy atom. The molecule has 1 aliphatic heterocycles. The Morgan fingerprint density at radius 3 is 2.45 bits per heavy atom. The summed E-state index contributed by atoms with van der Waals surface area (Å²) in [6.07, 6.45) is 3.86. The van der Waals surface area contributed by atoms with Crippen LogP contribution in [-0.4, -0.2) is 11.4 Å². The minimum Gasteiger partial charge on any atom is -0.376 e. The zero-order valence-electron chi connectivity index (χ0n) is 15.4. The molecule has 10 heteroatoms. The lowest BCUT2D eigenvalue weighted by Crippen LogP contribution is -2.30. The van der Waals surface area contributed by atoms with Crippen LogP contribution < -0.4 is 10.6 Å². The van der Waals surface area contributed by atoms with Gasteiger partial charge < -0.3 is 10.6 Å². The van der Waals surface area contributed by atoms with Crippen molar-refractivity contribution in [2.75, 3.05) is 5.32 Å². The zero-order valence-corrected chi connectivity index (χ0v) is 15.4. The number of anilines is 1. The summed E-state index contributed by atoms with van der Waals surface area (Å²) in [4.78, 5) is 14.3. The fraction of sp³-hybridized carbons (Fsp3) is 0.211. The highest BCUT2D eigenvalue weighted by atomic mass is 19.2. The van der Waals surface area contributed by atoms with Crippen molar-refractivity contribution in [1.82, 2.24) is 5.32 Å². The minimum atomic E-state index is -1.94. The highest BCUT2D eigenvalue weighted by Crippen LogP contribution is 2.31. The molecule has 0 fully saturated rings. The molecule has 2 aromatic carbocycles. The Hall–Kier alpha value is -3.52. The number of carbonyl (C=O) groups excluding carboxylic acids is 1. The molecule has 6 nitrogen and oxygen atoms in total. The number of nitrogens with one attached hydrogen (secondary N) is 2. The second-order valence-corrected chi connectivity index (χ2v) is 6.95. The van der Waals surface area contributed by atoms with Crippen LogP contribution in [0.3, 0.4) is 0 Å². The fourth-order valence-corrected chi connectivity index (χ4v) is 2.88. The molecule has 2 aromatic rings. The molecule has 0 saturated heterocycles. The van der Waals surface area contributed by atoms with Gasteiger partial charge in [-0.1, -0.05) is 23.3 Å². The predicted molar refractivity (Wildman–Crippen MR) is 99.4 cm³/mol. The van der Waals surface area contributed by atoms with E-state index in [1.807, 2.05) is 26.0 Å². The number of carbonyl (C=O) groups is 1. The van der Waals surface area contributed by atoms with Crippen molar-refractivity contribution in [3.05, 3.63) is 74.7 Å². The summed E-state index contributed by atoms with van der Waals surface area (Å²) in [7, 11) is 0. The molecule has 1 amide bonds. The summed E-state index contributed by atoms with van der Waals surface area (Å²) >= 11 is 0. The summed E-state index contributed by atoms with van der Waals surface area (Å²) < 4.78 is 55.8. The van der Waals surface area contributed by atoms with Crippen LogP contribution in [0.15, 0.2) is 29.4 Å². The second kappa shape index (κ2) is 7.48. The average Bonchev–Trinajstić information content (AvgIpc) is 2.67. The van der Waals surface area contributed by atoms with Gasteiger partial charge in [0.05, 0.1) is 5.54 Å². The molecule has 0 aromatic heterocycles. The predicted octanol–water partition coefficient (Wildman–Crippen LogP) is 5.33. The van der Waals surface area contributed by atoms with E-state index < -0.39 is 40.4 Å². The fourth-order valence-electron chi connectivity index (χ4n) is 2.88. The maximum absolute atomic E-state index is 14.1. The van der Waals surface area contributed by atoms with Gasteiger partial charge in [-0.05, 0) is 42.6 Å². The number of rotatable bonds is 4. The summed E-state index contributed by atoms with van der Waals surface area (Å²) in [6.45, 7) is 3.85. The first-order valence-corrected chi connectivity index (χ1v) is 8.44. The first kappa shape index (κ1) is 20.2. The maximum Gasteiger partial charge on any atom is 0.257 e. The molecule has 0 spiro atoms. The number of amides is 1. The Kier molecular flexibility index (Phi) is 5.21. The molecule has 1 heterocycles. The van der Waals surface area contributed by atoms with Crippen molar-refractivity contribution in [1.29, 1.82) is 0 Å². The van der Waals surface area contributed by atoms with Gasteiger partial charge in [0, 0.05) is 17.1 Å². The highest BCUT2D eigenvalue weighted by Gasteiger charge is 2.29. The number of hydrogen-bond acceptors (Lipinski definition) is 3. The quantitative estimate of drug-likeness (QED) is 0.237. The van der Waals surface area contributed by atoms with Gasteiger partial charge in [-0.3, -0.25) is 4.79 Å². The number of nitrogens with zero attached hydrogens (tertiary/aromatic N) is 3. The minimum absolute atomic E-state index is 0.135. The van der Waals surface area contributed by atoms with E-state index in [4.69, 9.17) is 5.53 Å². The Morgan fingerprint density at radius 2 is 1.83 bits per heavy atom. The standard InChI is InChI=1S/C19H15F4N5O/c1-19(2)6-5-10-7-9(3-4-11(10)26-19)8-25-18(29)12-13(20)15(22)17(27-28-24)16(23)14(12)21/h3-7,26H,8H2,1-2H3,(H,25,29). The zero-order chi connectivity index (χ0) is 21.3. The lowest BCUT2D eigenvalue weighted by molar-refractivity contribution is 0.0940. The molecule has 0 bridgehead atoms. The van der Waals surface area contributed by atoms with Crippen molar-refractivity contribution < 1.29 is 22.4 Å². The van der Waals surface area contributed by atoms with Crippen molar-refractivity contribution >= 4 is 23.4 Å². The molecule has 0 aliphatic carbocycles. The van der Waals surface area contributed by atoms with Crippen molar-refractivity contribution in [3.8, 4) is 0 Å². The molecular weight excluding hydrogens is 390 g/mol. The van der Waals surface area contributed by atoms with Gasteiger partial charge in [-0.15, -0.1) is 0 Å². The van der Waals surface area contributed by atoms with Crippen molar-refractivity contribution in [2.45, 2.75) is 25.9 Å². The van der Waals surface area contributed by atoms with E-state index in [1.54, 1.807) is 18.2 Å². The molecule has 29 heavy (non-hydrogen) atoms. The first-order valence-electron chi connectivity index (χ1n) is 8.44. The smallest absolute Gasteiger partial charge is 0.257 e. The largest absolute Gasteiger partial charge is 0.376 e. The van der Waals surface area contributed by atoms with Crippen LogP contribution in [0.1, 0.15) is 35.3 Å². The Bertz CT molecular complexity index is 1060. The Balaban J connectivity index is 1.83. The van der Waals surface area contributed by atoms with E-state index in [-0.39, 0.29) is 12.1 Å². The van der Waals surface area contributed by atoms with Gasteiger partial charge in [0.2, 0.25) is 0 Å². The average molecular weight is 405 g/mol. The third-order valence-electron chi connectivity index (χ3n) is 4.32. The van der Waals surface area contributed by atoms with Crippen LogP contribution in [0.2, 0.25) is 0 Å². The summed E-state index contributed by atoms with van der Waals surface area (Å²) in [6, 6.07) is 5.24. The third-order valence-corrected chi connectivity index (χ3v) is 4.32. The van der Waals surface area contributed by atoms with E-state index in [1.165, 1.54) is 0 Å². The van der Waals surface area contributed by atoms with E-state index in [0.29, 0.717) is 5.56 Å². The van der Waals surface area contributed by atoms with E-state index in [9.17, 15) is 22.4 Å². The number of hydrogen-bond donors (Lipinski definition) is 2. The second-order valence-electron chi connectivity index (χ2n) is 6.95. The molecular formula is C19H15F4N5O. The third kappa shape index (κ3) is 3.88. The molecule has 0 saturated carbocycles. The molecule has 0 unspecified atom stereocenters. The normalized spacial score (nSPS) is 13.9. The van der Waals surface area contributed by atoms with Crippen LogP contribution in [0.5, 0.6) is 0 Å².